The van der Waals surface area contributed by atoms with Gasteiger partial charge < -0.3 is 18.5 Å². The molecule has 0 unspecified atom stereocenters. The summed E-state index contributed by atoms with van der Waals surface area (Å²) in [5, 5.41) is 0. The third-order valence-electron chi connectivity index (χ3n) is 4.76. The molecule has 0 radical (unpaired) electrons. The van der Waals surface area contributed by atoms with Crippen LogP contribution >= 0.6 is 0 Å². The molecule has 0 aromatic carbocycles. The summed E-state index contributed by atoms with van der Waals surface area (Å²) in [5.41, 5.74) is 0.109. The predicted octanol–water partition coefficient (Wildman–Crippen LogP) is 2.47. The Hall–Kier alpha value is -0.775. The summed E-state index contributed by atoms with van der Waals surface area (Å²) in [4.78, 5) is 0. The summed E-state index contributed by atoms with van der Waals surface area (Å²) < 4.78 is 23.4. The Labute approximate surface area is 120 Å². The molecule has 0 bridgehead atoms. The Kier molecular flexibility index (Phi) is 3.47. The smallest absolute Gasteiger partial charge is 0.469 e. The van der Waals surface area contributed by atoms with Crippen molar-refractivity contribution in [3.63, 3.8) is 0 Å². The van der Waals surface area contributed by atoms with Gasteiger partial charge >= 0.3 is 7.12 Å². The second-order valence-corrected chi connectivity index (χ2v) is 6.72. The van der Waals surface area contributed by atoms with Crippen molar-refractivity contribution in [3.05, 3.63) is 17.9 Å². The molecule has 2 aliphatic heterocycles. The summed E-state index contributed by atoms with van der Waals surface area (Å²) in [7, 11) is -0.409. The van der Waals surface area contributed by atoms with Crippen LogP contribution in [0.15, 0.2) is 16.5 Å². The van der Waals surface area contributed by atoms with E-state index in [1.54, 1.807) is 0 Å². The van der Waals surface area contributed by atoms with Crippen molar-refractivity contribution < 1.29 is 18.5 Å². The standard InChI is InChI=1S/C15H23BO4/c1-14(2)15(3,4)20-16(19-14)13-6-5-12(18-13)11-7-9-17-10-8-11/h5-6,11H,7-10H2,1-4H3. The van der Waals surface area contributed by atoms with E-state index in [0.717, 1.165) is 37.5 Å². The zero-order chi connectivity index (χ0) is 14.4. The van der Waals surface area contributed by atoms with Crippen molar-refractivity contribution in [2.45, 2.75) is 57.7 Å². The number of furan rings is 1. The lowest BCUT2D eigenvalue weighted by molar-refractivity contribution is 0.00578. The summed E-state index contributed by atoms with van der Waals surface area (Å²) in [5.74, 6) is 1.48. The first-order chi connectivity index (χ1) is 9.39. The lowest BCUT2D eigenvalue weighted by atomic mass is 9.86. The highest BCUT2D eigenvalue weighted by Crippen LogP contribution is 2.37. The highest BCUT2D eigenvalue weighted by Gasteiger charge is 2.53. The van der Waals surface area contributed by atoms with E-state index in [1.165, 1.54) is 0 Å². The van der Waals surface area contributed by atoms with E-state index in [4.69, 9.17) is 18.5 Å². The van der Waals surface area contributed by atoms with Crippen LogP contribution in [0.4, 0.5) is 0 Å². The first-order valence-electron chi connectivity index (χ1n) is 7.42. The van der Waals surface area contributed by atoms with Gasteiger partial charge in [-0.25, -0.2) is 0 Å². The lowest BCUT2D eigenvalue weighted by Gasteiger charge is -2.32. The maximum Gasteiger partial charge on any atom is 0.532 e. The van der Waals surface area contributed by atoms with Gasteiger partial charge in [-0.3, -0.25) is 0 Å². The molecule has 2 fully saturated rings. The third kappa shape index (κ3) is 2.43. The molecule has 0 N–H and O–H groups in total. The van der Waals surface area contributed by atoms with Gasteiger partial charge in [0.25, 0.3) is 0 Å². The van der Waals surface area contributed by atoms with Crippen LogP contribution in [0.1, 0.15) is 52.2 Å². The van der Waals surface area contributed by atoms with Crippen molar-refractivity contribution in [2.24, 2.45) is 0 Å². The highest BCUT2D eigenvalue weighted by molar-refractivity contribution is 6.60. The normalized spacial score (nSPS) is 26.1. The SMILES string of the molecule is CC1(C)OB(c2ccc(C3CCOCC3)o2)OC1(C)C. The Bertz CT molecular complexity index is 458. The van der Waals surface area contributed by atoms with Crippen molar-refractivity contribution in [1.82, 2.24) is 0 Å². The molecule has 0 saturated carbocycles. The fourth-order valence-electron chi connectivity index (χ4n) is 2.66. The molecule has 2 saturated heterocycles. The molecule has 20 heavy (non-hydrogen) atoms. The van der Waals surface area contributed by atoms with Crippen molar-refractivity contribution in [1.29, 1.82) is 0 Å². The fraction of sp³-hybridized carbons (Fsp3) is 0.733. The molecule has 0 amide bonds. The molecule has 3 rings (SSSR count). The molecule has 1 aromatic rings. The molecule has 0 atom stereocenters. The van der Waals surface area contributed by atoms with E-state index in [2.05, 4.69) is 33.8 Å². The van der Waals surface area contributed by atoms with Crippen LogP contribution in [0.5, 0.6) is 0 Å². The summed E-state index contributed by atoms with van der Waals surface area (Å²) in [6.45, 7) is 9.84. The zero-order valence-corrected chi connectivity index (χ0v) is 12.8. The molecule has 1 aromatic heterocycles. The summed E-state index contributed by atoms with van der Waals surface area (Å²) in [6.07, 6.45) is 2.05. The fourth-order valence-corrected chi connectivity index (χ4v) is 2.66. The first kappa shape index (κ1) is 14.2. The van der Waals surface area contributed by atoms with E-state index in [1.807, 2.05) is 6.07 Å². The minimum absolute atomic E-state index is 0.330. The maximum atomic E-state index is 6.01. The second-order valence-electron chi connectivity index (χ2n) is 6.72. The first-order valence-corrected chi connectivity index (χ1v) is 7.42. The Morgan fingerprint density at radius 3 is 2.20 bits per heavy atom. The van der Waals surface area contributed by atoms with E-state index in [9.17, 15) is 0 Å². The topological polar surface area (TPSA) is 40.8 Å². The maximum absolute atomic E-state index is 6.01. The molecular formula is C15H23BO4. The molecule has 3 heterocycles. The van der Waals surface area contributed by atoms with Gasteiger partial charge in [0.1, 0.15) is 11.4 Å². The van der Waals surface area contributed by atoms with Gasteiger partial charge in [-0.2, -0.15) is 0 Å². The van der Waals surface area contributed by atoms with Crippen LogP contribution in [0, 0.1) is 0 Å². The minimum atomic E-state index is -0.409. The molecule has 2 aliphatic rings. The molecule has 0 spiro atoms. The third-order valence-corrected chi connectivity index (χ3v) is 4.76. The average Bonchev–Trinajstić information content (AvgIpc) is 2.94. The largest absolute Gasteiger partial charge is 0.532 e. The molecule has 110 valence electrons. The van der Waals surface area contributed by atoms with Crippen LogP contribution in [0.2, 0.25) is 0 Å². The van der Waals surface area contributed by atoms with Gasteiger partial charge in [-0.1, -0.05) is 0 Å². The van der Waals surface area contributed by atoms with Gasteiger partial charge in [-0.15, -0.1) is 0 Å². The quantitative estimate of drug-likeness (QED) is 0.779. The van der Waals surface area contributed by atoms with Crippen LogP contribution in [0.25, 0.3) is 0 Å². The van der Waals surface area contributed by atoms with E-state index < -0.39 is 7.12 Å². The average molecular weight is 278 g/mol. The summed E-state index contributed by atoms with van der Waals surface area (Å²) in [6, 6.07) is 4.03. The zero-order valence-electron chi connectivity index (χ0n) is 12.8. The van der Waals surface area contributed by atoms with Crippen LogP contribution < -0.4 is 5.66 Å². The molecule has 5 heteroatoms. The number of rotatable bonds is 2. The number of hydrogen-bond acceptors (Lipinski definition) is 4. The van der Waals surface area contributed by atoms with E-state index >= 15 is 0 Å². The van der Waals surface area contributed by atoms with E-state index in [-0.39, 0.29) is 11.2 Å². The van der Waals surface area contributed by atoms with Crippen molar-refractivity contribution in [2.75, 3.05) is 13.2 Å². The van der Waals surface area contributed by atoms with Crippen LogP contribution in [-0.4, -0.2) is 31.5 Å². The number of ether oxygens (including phenoxy) is 1. The van der Waals surface area contributed by atoms with Gasteiger partial charge in [0.05, 0.1) is 11.2 Å². The molecule has 0 aliphatic carbocycles. The van der Waals surface area contributed by atoms with Gasteiger partial charge in [0.2, 0.25) is 0 Å². The van der Waals surface area contributed by atoms with Gasteiger partial charge in [-0.05, 0) is 52.7 Å². The minimum Gasteiger partial charge on any atom is -0.469 e. The molecular weight excluding hydrogens is 255 g/mol. The van der Waals surface area contributed by atoms with Gasteiger partial charge in [0.15, 0.2) is 0 Å². The van der Waals surface area contributed by atoms with Crippen LogP contribution in [-0.2, 0) is 14.0 Å². The Morgan fingerprint density at radius 2 is 1.60 bits per heavy atom. The molecule has 4 nitrogen and oxygen atoms in total. The lowest BCUT2D eigenvalue weighted by Crippen LogP contribution is -2.41. The van der Waals surface area contributed by atoms with Crippen LogP contribution in [0.3, 0.4) is 0 Å². The highest BCUT2D eigenvalue weighted by atomic mass is 16.7. The monoisotopic (exact) mass is 278 g/mol. The Morgan fingerprint density at radius 1 is 1.00 bits per heavy atom. The van der Waals surface area contributed by atoms with Crippen molar-refractivity contribution in [3.8, 4) is 0 Å². The Balaban J connectivity index is 1.74. The summed E-state index contributed by atoms with van der Waals surface area (Å²) >= 11 is 0. The van der Waals surface area contributed by atoms with Gasteiger partial charge in [0, 0.05) is 19.1 Å². The second kappa shape index (κ2) is 4.90. The van der Waals surface area contributed by atoms with E-state index in [0.29, 0.717) is 5.92 Å². The predicted molar refractivity (Wildman–Crippen MR) is 77.2 cm³/mol. The number of hydrogen-bond donors (Lipinski definition) is 0. The van der Waals surface area contributed by atoms with Crippen molar-refractivity contribution >= 4 is 12.8 Å².